The molecule has 0 aliphatic rings. The zero-order valence-electron chi connectivity index (χ0n) is 11.6. The van der Waals surface area contributed by atoms with Gasteiger partial charge in [0.25, 0.3) is 11.6 Å². The molecule has 0 atom stereocenters. The summed E-state index contributed by atoms with van der Waals surface area (Å²) < 4.78 is 0. The third-order valence-electron chi connectivity index (χ3n) is 2.92. The quantitative estimate of drug-likeness (QED) is 0.533. The molecule has 0 spiro atoms. The van der Waals surface area contributed by atoms with Crippen molar-refractivity contribution in [2.75, 3.05) is 0 Å². The Morgan fingerprint density at radius 3 is 2.50 bits per heavy atom. The minimum Gasteiger partial charge on any atom is -0.267 e. The lowest BCUT2D eigenvalue weighted by atomic mass is 10.1. The Morgan fingerprint density at radius 2 is 1.86 bits per heavy atom. The molecule has 2 aromatic rings. The normalized spacial score (nSPS) is 11.1. The molecule has 2 rings (SSSR count). The van der Waals surface area contributed by atoms with Crippen LogP contribution in [0.3, 0.4) is 0 Å². The zero-order valence-corrected chi connectivity index (χ0v) is 12.4. The monoisotopic (exact) mass is 317 g/mol. The lowest BCUT2D eigenvalue weighted by Crippen LogP contribution is -2.19. The number of nitrogens with zero attached hydrogens (tertiary/aromatic N) is 2. The summed E-state index contributed by atoms with van der Waals surface area (Å²) in [4.78, 5) is 22.2. The first-order valence-corrected chi connectivity index (χ1v) is 6.71. The molecule has 1 amide bonds. The average molecular weight is 318 g/mol. The molecule has 0 aliphatic carbocycles. The Kier molecular flexibility index (Phi) is 4.85. The standard InChI is InChI=1S/C15H12ClN3O3/c1-10(11-5-3-2-4-6-11)17-18-15(20)12-7-8-13(16)14(9-12)19(21)22/h2-9H,1H3,(H,18,20)/b17-10-. The van der Waals surface area contributed by atoms with Crippen molar-refractivity contribution in [1.82, 2.24) is 5.43 Å². The third-order valence-corrected chi connectivity index (χ3v) is 3.24. The lowest BCUT2D eigenvalue weighted by molar-refractivity contribution is -0.384. The van der Waals surface area contributed by atoms with Crippen LogP contribution in [0, 0.1) is 10.1 Å². The van der Waals surface area contributed by atoms with Crippen LogP contribution >= 0.6 is 11.6 Å². The van der Waals surface area contributed by atoms with E-state index in [2.05, 4.69) is 10.5 Å². The number of benzene rings is 2. The first kappa shape index (κ1) is 15.7. The highest BCUT2D eigenvalue weighted by Crippen LogP contribution is 2.24. The summed E-state index contributed by atoms with van der Waals surface area (Å²) in [5.74, 6) is -0.546. The number of halogens is 1. The van der Waals surface area contributed by atoms with Crippen molar-refractivity contribution in [2.45, 2.75) is 6.92 Å². The number of nitro groups is 1. The first-order valence-electron chi connectivity index (χ1n) is 6.33. The molecule has 7 heteroatoms. The maximum Gasteiger partial charge on any atom is 0.288 e. The van der Waals surface area contributed by atoms with E-state index in [0.717, 1.165) is 11.6 Å². The SMILES string of the molecule is C/C(=N/NC(=O)c1ccc(Cl)c([N+](=O)[O-])c1)c1ccccc1. The van der Waals surface area contributed by atoms with Gasteiger partial charge in [0, 0.05) is 11.6 Å². The number of hydrazone groups is 1. The maximum absolute atomic E-state index is 12.0. The van der Waals surface area contributed by atoms with Crippen molar-refractivity contribution in [3.05, 3.63) is 74.8 Å². The highest BCUT2D eigenvalue weighted by molar-refractivity contribution is 6.32. The molecule has 0 bridgehead atoms. The van der Waals surface area contributed by atoms with Gasteiger partial charge in [-0.2, -0.15) is 5.10 Å². The van der Waals surface area contributed by atoms with E-state index in [9.17, 15) is 14.9 Å². The predicted octanol–water partition coefficient (Wildman–Crippen LogP) is 3.40. The second kappa shape index (κ2) is 6.82. The predicted molar refractivity (Wildman–Crippen MR) is 84.2 cm³/mol. The molecule has 0 unspecified atom stereocenters. The van der Waals surface area contributed by atoms with Crippen LogP contribution in [0.4, 0.5) is 5.69 Å². The van der Waals surface area contributed by atoms with Crippen LogP contribution in [0.25, 0.3) is 0 Å². The van der Waals surface area contributed by atoms with Gasteiger partial charge in [-0.3, -0.25) is 14.9 Å². The summed E-state index contributed by atoms with van der Waals surface area (Å²) in [7, 11) is 0. The van der Waals surface area contributed by atoms with E-state index in [1.807, 2.05) is 30.3 Å². The van der Waals surface area contributed by atoms with E-state index in [1.54, 1.807) is 6.92 Å². The van der Waals surface area contributed by atoms with Gasteiger partial charge in [0.05, 0.1) is 10.6 Å². The van der Waals surface area contributed by atoms with E-state index in [0.29, 0.717) is 5.71 Å². The number of nitro benzene ring substituents is 1. The van der Waals surface area contributed by atoms with Crippen molar-refractivity contribution < 1.29 is 9.72 Å². The summed E-state index contributed by atoms with van der Waals surface area (Å²) in [6, 6.07) is 13.1. The topological polar surface area (TPSA) is 84.6 Å². The number of carbonyl (C=O) groups excluding carboxylic acids is 1. The van der Waals surface area contributed by atoms with Gasteiger partial charge in [-0.05, 0) is 24.6 Å². The van der Waals surface area contributed by atoms with Crippen molar-refractivity contribution in [2.24, 2.45) is 5.10 Å². The average Bonchev–Trinajstić information content (AvgIpc) is 2.53. The fraction of sp³-hybridized carbons (Fsp3) is 0.0667. The number of hydrogen-bond donors (Lipinski definition) is 1. The molecule has 0 saturated heterocycles. The first-order chi connectivity index (χ1) is 10.5. The number of rotatable bonds is 4. The van der Waals surface area contributed by atoms with Crippen LogP contribution in [-0.2, 0) is 0 Å². The number of hydrogen-bond acceptors (Lipinski definition) is 4. The molecule has 2 aromatic carbocycles. The molecule has 0 aliphatic heterocycles. The molecule has 1 N–H and O–H groups in total. The summed E-state index contributed by atoms with van der Waals surface area (Å²) in [5, 5.41) is 14.8. The van der Waals surface area contributed by atoms with Crippen molar-refractivity contribution in [1.29, 1.82) is 0 Å². The van der Waals surface area contributed by atoms with Crippen LogP contribution in [-0.4, -0.2) is 16.5 Å². The van der Waals surface area contributed by atoms with Crippen LogP contribution in [0.1, 0.15) is 22.8 Å². The van der Waals surface area contributed by atoms with Gasteiger partial charge in [-0.1, -0.05) is 41.9 Å². The molecule has 0 saturated carbocycles. The Morgan fingerprint density at radius 1 is 1.18 bits per heavy atom. The van der Waals surface area contributed by atoms with Crippen molar-refractivity contribution in [3.8, 4) is 0 Å². The molecule has 0 fully saturated rings. The van der Waals surface area contributed by atoms with Gasteiger partial charge in [-0.25, -0.2) is 5.43 Å². The van der Waals surface area contributed by atoms with Crippen molar-refractivity contribution in [3.63, 3.8) is 0 Å². The third kappa shape index (κ3) is 3.67. The molecule has 0 heterocycles. The highest BCUT2D eigenvalue weighted by atomic mass is 35.5. The van der Waals surface area contributed by atoms with Crippen LogP contribution in [0.2, 0.25) is 5.02 Å². The van der Waals surface area contributed by atoms with Gasteiger partial charge in [0.15, 0.2) is 0 Å². The molecule has 112 valence electrons. The number of carbonyl (C=O) groups is 1. The summed E-state index contributed by atoms with van der Waals surface area (Å²) >= 11 is 5.70. The Balaban J connectivity index is 2.16. The smallest absolute Gasteiger partial charge is 0.267 e. The summed E-state index contributed by atoms with van der Waals surface area (Å²) in [5.41, 5.74) is 3.64. The summed E-state index contributed by atoms with van der Waals surface area (Å²) in [6.45, 7) is 1.75. The highest BCUT2D eigenvalue weighted by Gasteiger charge is 2.16. The second-order valence-electron chi connectivity index (χ2n) is 4.43. The van der Waals surface area contributed by atoms with Crippen molar-refractivity contribution >= 4 is 28.9 Å². The van der Waals surface area contributed by atoms with E-state index in [-0.39, 0.29) is 16.3 Å². The van der Waals surface area contributed by atoms with Gasteiger partial charge >= 0.3 is 0 Å². The van der Waals surface area contributed by atoms with Crippen LogP contribution in [0.15, 0.2) is 53.6 Å². The van der Waals surface area contributed by atoms with Gasteiger partial charge in [0.1, 0.15) is 5.02 Å². The van der Waals surface area contributed by atoms with Gasteiger partial charge in [-0.15, -0.1) is 0 Å². The summed E-state index contributed by atoms with van der Waals surface area (Å²) in [6.07, 6.45) is 0. The largest absolute Gasteiger partial charge is 0.288 e. The lowest BCUT2D eigenvalue weighted by Gasteiger charge is -2.03. The van der Waals surface area contributed by atoms with E-state index in [4.69, 9.17) is 11.6 Å². The zero-order chi connectivity index (χ0) is 16.1. The van der Waals surface area contributed by atoms with E-state index in [1.165, 1.54) is 12.1 Å². The molecular formula is C15H12ClN3O3. The van der Waals surface area contributed by atoms with Gasteiger partial charge in [0.2, 0.25) is 0 Å². The molecule has 0 aromatic heterocycles. The minimum absolute atomic E-state index is 0.0227. The Hall–Kier alpha value is -2.73. The van der Waals surface area contributed by atoms with E-state index < -0.39 is 10.8 Å². The van der Waals surface area contributed by atoms with Crippen LogP contribution < -0.4 is 5.43 Å². The number of amides is 1. The second-order valence-corrected chi connectivity index (χ2v) is 4.83. The Bertz CT molecular complexity index is 745. The van der Waals surface area contributed by atoms with Crippen LogP contribution in [0.5, 0.6) is 0 Å². The van der Waals surface area contributed by atoms with Gasteiger partial charge < -0.3 is 0 Å². The van der Waals surface area contributed by atoms with E-state index >= 15 is 0 Å². The molecular weight excluding hydrogens is 306 g/mol. The molecule has 6 nitrogen and oxygen atoms in total. The molecule has 22 heavy (non-hydrogen) atoms. The maximum atomic E-state index is 12.0. The number of nitrogens with one attached hydrogen (secondary N) is 1. The molecule has 0 radical (unpaired) electrons. The Labute approximate surface area is 131 Å². The fourth-order valence-corrected chi connectivity index (χ4v) is 1.92. The fourth-order valence-electron chi connectivity index (χ4n) is 1.74. The minimum atomic E-state index is -0.641.